The van der Waals surface area contributed by atoms with Gasteiger partial charge in [0.15, 0.2) is 0 Å². The molecular formula is C50H32N2O. The zero-order chi connectivity index (χ0) is 34.9. The second-order valence-electron chi connectivity index (χ2n) is 13.7. The Morgan fingerprint density at radius 1 is 0.377 bits per heavy atom. The predicted molar refractivity (Wildman–Crippen MR) is 223 cm³/mol. The third-order valence-electron chi connectivity index (χ3n) is 10.8. The zero-order valence-electron chi connectivity index (χ0n) is 28.8. The Kier molecular flexibility index (Phi) is 6.55. The number of furan rings is 1. The average Bonchev–Trinajstić information content (AvgIpc) is 3.77. The summed E-state index contributed by atoms with van der Waals surface area (Å²) in [6, 6.07) is 69.7. The van der Waals surface area contributed by atoms with Crippen LogP contribution in [-0.2, 0) is 0 Å². The van der Waals surface area contributed by atoms with Gasteiger partial charge in [0.2, 0.25) is 0 Å². The predicted octanol–water partition coefficient (Wildman–Crippen LogP) is 14.1. The van der Waals surface area contributed by atoms with E-state index in [0.717, 1.165) is 50.2 Å². The Bertz CT molecular complexity index is 3160. The van der Waals surface area contributed by atoms with Gasteiger partial charge in [0, 0.05) is 50.4 Å². The number of para-hydroxylation sites is 2. The highest BCUT2D eigenvalue weighted by Crippen LogP contribution is 2.43. The summed E-state index contributed by atoms with van der Waals surface area (Å²) >= 11 is 0. The molecule has 0 aliphatic carbocycles. The summed E-state index contributed by atoms with van der Waals surface area (Å²) in [4.78, 5) is 2.35. The van der Waals surface area contributed by atoms with Crippen LogP contribution in [0.1, 0.15) is 0 Å². The first-order valence-electron chi connectivity index (χ1n) is 18.1. The molecule has 53 heavy (non-hydrogen) atoms. The van der Waals surface area contributed by atoms with Crippen LogP contribution < -0.4 is 4.90 Å². The molecule has 0 saturated heterocycles. The molecule has 0 amide bonds. The van der Waals surface area contributed by atoms with Crippen molar-refractivity contribution in [1.82, 2.24) is 4.57 Å². The molecule has 0 fully saturated rings. The third kappa shape index (κ3) is 4.68. The van der Waals surface area contributed by atoms with Crippen molar-refractivity contribution < 1.29 is 4.42 Å². The highest BCUT2D eigenvalue weighted by molar-refractivity contribution is 6.19. The van der Waals surface area contributed by atoms with Crippen LogP contribution in [0.25, 0.3) is 82.1 Å². The minimum absolute atomic E-state index is 0.866. The lowest BCUT2D eigenvalue weighted by molar-refractivity contribution is 0.669. The van der Waals surface area contributed by atoms with Gasteiger partial charge in [0.05, 0.1) is 11.0 Å². The second-order valence-corrected chi connectivity index (χ2v) is 13.7. The number of hydrogen-bond acceptors (Lipinski definition) is 2. The molecule has 9 aromatic carbocycles. The summed E-state index contributed by atoms with van der Waals surface area (Å²) in [5.41, 5.74) is 10.8. The van der Waals surface area contributed by atoms with Crippen molar-refractivity contribution >= 4 is 82.4 Å². The fourth-order valence-corrected chi connectivity index (χ4v) is 8.34. The topological polar surface area (TPSA) is 21.3 Å². The van der Waals surface area contributed by atoms with Crippen LogP contribution in [0.3, 0.4) is 0 Å². The van der Waals surface area contributed by atoms with Gasteiger partial charge in [-0.05, 0) is 93.3 Å². The molecule has 0 N–H and O–H groups in total. The van der Waals surface area contributed by atoms with Gasteiger partial charge in [0.25, 0.3) is 0 Å². The number of aromatic nitrogens is 1. The van der Waals surface area contributed by atoms with E-state index in [9.17, 15) is 0 Å². The molecule has 11 rings (SSSR count). The van der Waals surface area contributed by atoms with Crippen LogP contribution in [0.2, 0.25) is 0 Å². The molecule has 0 atom stereocenters. The van der Waals surface area contributed by atoms with E-state index >= 15 is 0 Å². The highest BCUT2D eigenvalue weighted by atomic mass is 16.3. The molecule has 0 aliphatic heterocycles. The minimum Gasteiger partial charge on any atom is -0.456 e. The van der Waals surface area contributed by atoms with E-state index in [0.29, 0.717) is 0 Å². The summed E-state index contributed by atoms with van der Waals surface area (Å²) in [5.74, 6) is 0. The normalized spacial score (nSPS) is 11.8. The van der Waals surface area contributed by atoms with Gasteiger partial charge in [-0.15, -0.1) is 0 Å². The smallest absolute Gasteiger partial charge is 0.137 e. The molecule has 3 nitrogen and oxygen atoms in total. The van der Waals surface area contributed by atoms with E-state index in [1.165, 1.54) is 49.0 Å². The van der Waals surface area contributed by atoms with Gasteiger partial charge in [0.1, 0.15) is 11.2 Å². The van der Waals surface area contributed by atoms with Crippen molar-refractivity contribution in [2.75, 3.05) is 4.90 Å². The molecule has 0 radical (unpaired) electrons. The Morgan fingerprint density at radius 3 is 1.83 bits per heavy atom. The number of rotatable bonds is 5. The van der Waals surface area contributed by atoms with E-state index in [1.54, 1.807) is 0 Å². The SMILES string of the molecule is c1ccc(-n2c3ccccc3c3ccc(N(c4ccc(-c5cccc6ccccc56)cc4)c4ccc5c(c4)oc4ccc6ccccc6c45)cc32)cc1. The van der Waals surface area contributed by atoms with Gasteiger partial charge < -0.3 is 13.9 Å². The van der Waals surface area contributed by atoms with Gasteiger partial charge >= 0.3 is 0 Å². The van der Waals surface area contributed by atoms with Crippen molar-refractivity contribution in [2.45, 2.75) is 0 Å². The molecule has 2 aromatic heterocycles. The van der Waals surface area contributed by atoms with Crippen LogP contribution in [0.15, 0.2) is 199 Å². The summed E-state index contributed by atoms with van der Waals surface area (Å²) in [5, 5.41) is 9.64. The van der Waals surface area contributed by atoms with Crippen LogP contribution in [0.5, 0.6) is 0 Å². The molecule has 0 aliphatic rings. The average molecular weight is 677 g/mol. The minimum atomic E-state index is 0.866. The lowest BCUT2D eigenvalue weighted by atomic mass is 9.98. The van der Waals surface area contributed by atoms with Gasteiger partial charge in [-0.25, -0.2) is 0 Å². The molecular weight excluding hydrogens is 645 g/mol. The van der Waals surface area contributed by atoms with Crippen molar-refractivity contribution in [1.29, 1.82) is 0 Å². The summed E-state index contributed by atoms with van der Waals surface area (Å²) < 4.78 is 8.98. The Hall–Kier alpha value is -7.10. The van der Waals surface area contributed by atoms with Crippen LogP contribution in [0.4, 0.5) is 17.1 Å². The number of anilines is 3. The van der Waals surface area contributed by atoms with Crippen LogP contribution in [0, 0.1) is 0 Å². The molecule has 248 valence electrons. The molecule has 2 heterocycles. The monoisotopic (exact) mass is 676 g/mol. The summed E-state index contributed by atoms with van der Waals surface area (Å²) in [6.45, 7) is 0. The Morgan fingerprint density at radius 2 is 1.00 bits per heavy atom. The van der Waals surface area contributed by atoms with E-state index < -0.39 is 0 Å². The fraction of sp³-hybridized carbons (Fsp3) is 0. The lowest BCUT2D eigenvalue weighted by Gasteiger charge is -2.26. The summed E-state index contributed by atoms with van der Waals surface area (Å²) in [6.07, 6.45) is 0. The lowest BCUT2D eigenvalue weighted by Crippen LogP contribution is -2.10. The summed E-state index contributed by atoms with van der Waals surface area (Å²) in [7, 11) is 0. The molecule has 0 saturated carbocycles. The first-order chi connectivity index (χ1) is 26.3. The van der Waals surface area contributed by atoms with Crippen molar-refractivity contribution in [3.8, 4) is 16.8 Å². The van der Waals surface area contributed by atoms with Crippen molar-refractivity contribution in [3.63, 3.8) is 0 Å². The quantitative estimate of drug-likeness (QED) is 0.181. The molecule has 0 bridgehead atoms. The first-order valence-corrected chi connectivity index (χ1v) is 18.1. The fourth-order valence-electron chi connectivity index (χ4n) is 8.34. The van der Waals surface area contributed by atoms with Crippen LogP contribution in [-0.4, -0.2) is 4.57 Å². The first kappa shape index (κ1) is 29.6. The molecule has 0 spiro atoms. The van der Waals surface area contributed by atoms with E-state index in [4.69, 9.17) is 4.42 Å². The maximum absolute atomic E-state index is 6.60. The van der Waals surface area contributed by atoms with E-state index in [1.807, 2.05) is 0 Å². The third-order valence-corrected chi connectivity index (χ3v) is 10.8. The largest absolute Gasteiger partial charge is 0.456 e. The number of fused-ring (bicyclic) bond motifs is 9. The van der Waals surface area contributed by atoms with Gasteiger partial charge in [-0.1, -0.05) is 127 Å². The van der Waals surface area contributed by atoms with E-state index in [2.05, 4.69) is 204 Å². The second kappa shape index (κ2) is 11.7. The van der Waals surface area contributed by atoms with Crippen molar-refractivity contribution in [3.05, 3.63) is 194 Å². The maximum Gasteiger partial charge on any atom is 0.137 e. The molecule has 0 unspecified atom stereocenters. The zero-order valence-corrected chi connectivity index (χ0v) is 28.8. The van der Waals surface area contributed by atoms with Gasteiger partial charge in [-0.2, -0.15) is 0 Å². The maximum atomic E-state index is 6.60. The van der Waals surface area contributed by atoms with Gasteiger partial charge in [-0.3, -0.25) is 0 Å². The Balaban J connectivity index is 1.13. The number of hydrogen-bond donors (Lipinski definition) is 0. The van der Waals surface area contributed by atoms with Crippen LogP contribution >= 0.6 is 0 Å². The number of nitrogens with zero attached hydrogens (tertiary/aromatic N) is 2. The highest BCUT2D eigenvalue weighted by Gasteiger charge is 2.20. The van der Waals surface area contributed by atoms with Crippen molar-refractivity contribution in [2.24, 2.45) is 0 Å². The standard InChI is InChI=1S/C50H32N2O/c1-2-14-36(15-3-1)52-46-20-9-8-18-43(46)44-28-26-38(31-47(44)52)51(37-24-21-35(22-25-37)41-19-10-13-33-11-4-6-16-40(33)41)39-27-29-45-49(32-39)53-48-30-23-34-12-5-7-17-42(34)50(45)48/h1-32H. The van der Waals surface area contributed by atoms with E-state index in [-0.39, 0.29) is 0 Å². The molecule has 3 heteroatoms. The molecule has 11 aromatic rings. The number of benzene rings is 9. The Labute approximate surface area is 306 Å².